The predicted octanol–water partition coefficient (Wildman–Crippen LogP) is 2.48. The molecule has 2 amide bonds. The van der Waals surface area contributed by atoms with Crippen molar-refractivity contribution >= 4 is 11.8 Å². The molecule has 0 aromatic carbocycles. The number of nitrogens with zero attached hydrogens (tertiary/aromatic N) is 1. The number of amides is 2. The van der Waals surface area contributed by atoms with Gasteiger partial charge in [0.15, 0.2) is 0 Å². The van der Waals surface area contributed by atoms with E-state index in [1.54, 1.807) is 13.1 Å². The van der Waals surface area contributed by atoms with Crippen LogP contribution in [0.1, 0.15) is 56.7 Å². The van der Waals surface area contributed by atoms with Crippen molar-refractivity contribution in [3.63, 3.8) is 0 Å². The maximum atomic E-state index is 12.1. The number of hydrogen-bond acceptors (Lipinski definition) is 3. The Labute approximate surface area is 138 Å². The predicted molar refractivity (Wildman–Crippen MR) is 89.6 cm³/mol. The second-order valence-corrected chi connectivity index (χ2v) is 6.52. The fourth-order valence-electron chi connectivity index (χ4n) is 2.96. The van der Waals surface area contributed by atoms with Crippen LogP contribution >= 0.6 is 0 Å². The highest BCUT2D eigenvalue weighted by atomic mass is 16.2. The topological polar surface area (TPSA) is 71.1 Å². The molecule has 2 rings (SSSR count). The first-order valence-electron chi connectivity index (χ1n) is 8.53. The van der Waals surface area contributed by atoms with E-state index in [9.17, 15) is 9.59 Å². The van der Waals surface area contributed by atoms with Crippen LogP contribution in [0.3, 0.4) is 0 Å². The van der Waals surface area contributed by atoms with Gasteiger partial charge in [-0.1, -0.05) is 25.3 Å². The number of rotatable bonds is 6. The van der Waals surface area contributed by atoms with Gasteiger partial charge in [-0.25, -0.2) is 0 Å². The standard InChI is InChI=1S/C18H27N3O2/c1-13-8-9-16(11-19-13)12-20-18(23)14(2)21-17(22)10-15-6-4-3-5-7-15/h8-9,11,14-15H,3-7,10,12H2,1-2H3,(H,20,23)(H,21,22)/t14-/m1/s1. The molecule has 1 atom stereocenters. The molecule has 1 saturated carbocycles. The van der Waals surface area contributed by atoms with E-state index >= 15 is 0 Å². The van der Waals surface area contributed by atoms with Gasteiger partial charge in [-0.05, 0) is 44.2 Å². The normalized spacial score (nSPS) is 16.6. The molecule has 0 radical (unpaired) electrons. The lowest BCUT2D eigenvalue weighted by molar-refractivity contribution is -0.129. The number of carbonyl (C=O) groups excluding carboxylic acids is 2. The van der Waals surface area contributed by atoms with E-state index in [2.05, 4.69) is 15.6 Å². The van der Waals surface area contributed by atoms with Crippen LogP contribution in [0.25, 0.3) is 0 Å². The first-order chi connectivity index (χ1) is 11.0. The molecule has 1 aliphatic carbocycles. The molecular formula is C18H27N3O2. The number of aryl methyl sites for hydroxylation is 1. The van der Waals surface area contributed by atoms with Gasteiger partial charge in [-0.15, -0.1) is 0 Å². The third kappa shape index (κ3) is 6.00. The number of pyridine rings is 1. The lowest BCUT2D eigenvalue weighted by atomic mass is 9.87. The Hall–Kier alpha value is -1.91. The Morgan fingerprint density at radius 3 is 2.65 bits per heavy atom. The number of nitrogens with one attached hydrogen (secondary N) is 2. The first-order valence-corrected chi connectivity index (χ1v) is 8.53. The Bertz CT molecular complexity index is 522. The SMILES string of the molecule is Cc1ccc(CNC(=O)[C@@H](C)NC(=O)CC2CCCCC2)cn1. The molecule has 5 heteroatoms. The Morgan fingerprint density at radius 2 is 2.00 bits per heavy atom. The van der Waals surface area contributed by atoms with E-state index in [1.807, 2.05) is 19.1 Å². The minimum atomic E-state index is -0.510. The van der Waals surface area contributed by atoms with E-state index < -0.39 is 6.04 Å². The zero-order valence-electron chi connectivity index (χ0n) is 14.1. The van der Waals surface area contributed by atoms with Gasteiger partial charge in [0.2, 0.25) is 11.8 Å². The first kappa shape index (κ1) is 17.4. The van der Waals surface area contributed by atoms with Crippen molar-refractivity contribution < 1.29 is 9.59 Å². The Kier molecular flexibility index (Phi) is 6.56. The van der Waals surface area contributed by atoms with E-state index in [0.29, 0.717) is 18.9 Å². The molecule has 0 spiro atoms. The summed E-state index contributed by atoms with van der Waals surface area (Å²) >= 11 is 0. The molecule has 0 bridgehead atoms. The highest BCUT2D eigenvalue weighted by Crippen LogP contribution is 2.26. The maximum Gasteiger partial charge on any atom is 0.242 e. The van der Waals surface area contributed by atoms with Crippen LogP contribution < -0.4 is 10.6 Å². The van der Waals surface area contributed by atoms with Crippen molar-refractivity contribution in [2.24, 2.45) is 5.92 Å². The zero-order valence-corrected chi connectivity index (χ0v) is 14.1. The molecule has 0 aliphatic heterocycles. The summed E-state index contributed by atoms with van der Waals surface area (Å²) in [6, 6.07) is 3.34. The van der Waals surface area contributed by atoms with Crippen molar-refractivity contribution in [3.8, 4) is 0 Å². The summed E-state index contributed by atoms with van der Waals surface area (Å²) in [6.45, 7) is 4.07. The minimum Gasteiger partial charge on any atom is -0.350 e. The van der Waals surface area contributed by atoms with Crippen LogP contribution in [0.15, 0.2) is 18.3 Å². The average molecular weight is 317 g/mol. The van der Waals surface area contributed by atoms with Crippen LogP contribution in [0.4, 0.5) is 0 Å². The second kappa shape index (κ2) is 8.65. The molecule has 23 heavy (non-hydrogen) atoms. The number of aromatic nitrogens is 1. The third-order valence-corrected chi connectivity index (χ3v) is 4.41. The van der Waals surface area contributed by atoms with E-state index in [0.717, 1.165) is 24.1 Å². The van der Waals surface area contributed by atoms with Crippen molar-refractivity contribution in [2.75, 3.05) is 0 Å². The summed E-state index contributed by atoms with van der Waals surface area (Å²) in [7, 11) is 0. The van der Waals surface area contributed by atoms with Gasteiger partial charge in [0.1, 0.15) is 6.04 Å². The van der Waals surface area contributed by atoms with Crippen molar-refractivity contribution in [3.05, 3.63) is 29.6 Å². The molecule has 1 fully saturated rings. The van der Waals surface area contributed by atoms with Crippen LogP contribution in [0.2, 0.25) is 0 Å². The molecular weight excluding hydrogens is 290 g/mol. The highest BCUT2D eigenvalue weighted by molar-refractivity contribution is 5.87. The quantitative estimate of drug-likeness (QED) is 0.847. The average Bonchev–Trinajstić information content (AvgIpc) is 2.54. The van der Waals surface area contributed by atoms with Crippen LogP contribution in [-0.2, 0) is 16.1 Å². The lowest BCUT2D eigenvalue weighted by Gasteiger charge is -2.22. The summed E-state index contributed by atoms with van der Waals surface area (Å²) in [5, 5.41) is 5.64. The number of carbonyl (C=O) groups is 2. The third-order valence-electron chi connectivity index (χ3n) is 4.41. The van der Waals surface area contributed by atoms with Gasteiger partial charge in [-0.2, -0.15) is 0 Å². The monoisotopic (exact) mass is 317 g/mol. The Balaban J connectivity index is 1.71. The summed E-state index contributed by atoms with van der Waals surface area (Å²) in [5.41, 5.74) is 1.90. The van der Waals surface area contributed by atoms with Gasteiger partial charge in [0.05, 0.1) is 0 Å². The van der Waals surface area contributed by atoms with Crippen molar-refractivity contribution in [2.45, 2.75) is 65.0 Å². The summed E-state index contributed by atoms with van der Waals surface area (Å²) in [4.78, 5) is 28.3. The largest absolute Gasteiger partial charge is 0.350 e. The van der Waals surface area contributed by atoms with Crippen molar-refractivity contribution in [1.82, 2.24) is 15.6 Å². The fraction of sp³-hybridized carbons (Fsp3) is 0.611. The molecule has 5 nitrogen and oxygen atoms in total. The van der Waals surface area contributed by atoms with Crippen LogP contribution in [0.5, 0.6) is 0 Å². The zero-order chi connectivity index (χ0) is 16.7. The minimum absolute atomic E-state index is 0.0171. The number of hydrogen-bond donors (Lipinski definition) is 2. The highest BCUT2D eigenvalue weighted by Gasteiger charge is 2.20. The molecule has 2 N–H and O–H groups in total. The van der Waals surface area contributed by atoms with Gasteiger partial charge >= 0.3 is 0 Å². The van der Waals surface area contributed by atoms with E-state index in [1.165, 1.54) is 19.3 Å². The van der Waals surface area contributed by atoms with E-state index in [-0.39, 0.29) is 11.8 Å². The van der Waals surface area contributed by atoms with Gasteiger partial charge in [0, 0.05) is 24.9 Å². The molecule has 126 valence electrons. The molecule has 1 aliphatic rings. The van der Waals surface area contributed by atoms with Crippen LogP contribution in [0, 0.1) is 12.8 Å². The molecule has 1 aromatic heterocycles. The molecule has 0 unspecified atom stereocenters. The van der Waals surface area contributed by atoms with Gasteiger partial charge < -0.3 is 10.6 Å². The lowest BCUT2D eigenvalue weighted by Crippen LogP contribution is -2.45. The molecule has 0 saturated heterocycles. The summed E-state index contributed by atoms with van der Waals surface area (Å²) < 4.78 is 0. The smallest absolute Gasteiger partial charge is 0.242 e. The van der Waals surface area contributed by atoms with E-state index in [4.69, 9.17) is 0 Å². The Morgan fingerprint density at radius 1 is 1.26 bits per heavy atom. The van der Waals surface area contributed by atoms with Crippen molar-refractivity contribution in [1.29, 1.82) is 0 Å². The summed E-state index contributed by atoms with van der Waals surface area (Å²) in [6.07, 6.45) is 8.28. The van der Waals surface area contributed by atoms with Gasteiger partial charge in [0.25, 0.3) is 0 Å². The fourth-order valence-corrected chi connectivity index (χ4v) is 2.96. The summed E-state index contributed by atoms with van der Waals surface area (Å²) in [5.74, 6) is 0.303. The molecule has 1 aromatic rings. The van der Waals surface area contributed by atoms with Crippen LogP contribution in [-0.4, -0.2) is 22.8 Å². The van der Waals surface area contributed by atoms with Gasteiger partial charge in [-0.3, -0.25) is 14.6 Å². The molecule has 1 heterocycles. The maximum absolute atomic E-state index is 12.1. The second-order valence-electron chi connectivity index (χ2n) is 6.52.